The fourth-order valence-corrected chi connectivity index (χ4v) is 2.56. The molecule has 104 valence electrons. The average molecular weight is 286 g/mol. The molecule has 2 rings (SSSR count). The molecule has 0 bridgehead atoms. The molecule has 0 radical (unpaired) electrons. The van der Waals surface area contributed by atoms with Gasteiger partial charge >= 0.3 is 0 Å². The van der Waals surface area contributed by atoms with Crippen molar-refractivity contribution in [2.45, 2.75) is 26.1 Å². The van der Waals surface area contributed by atoms with Crippen molar-refractivity contribution in [3.63, 3.8) is 0 Å². The Labute approximate surface area is 124 Å². The molecular formula is C17H18O2S. The molecule has 0 amide bonds. The van der Waals surface area contributed by atoms with Crippen molar-refractivity contribution in [3.8, 4) is 11.8 Å². The third-order valence-electron chi connectivity index (χ3n) is 2.85. The van der Waals surface area contributed by atoms with Gasteiger partial charge in [0.05, 0.1) is 24.2 Å². The van der Waals surface area contributed by atoms with Crippen molar-refractivity contribution in [2.24, 2.45) is 0 Å². The summed E-state index contributed by atoms with van der Waals surface area (Å²) in [4.78, 5) is 2.19. The van der Waals surface area contributed by atoms with Crippen LogP contribution in [-0.2, 0) is 11.3 Å². The lowest BCUT2D eigenvalue weighted by Gasteiger charge is -2.12. The fourth-order valence-electron chi connectivity index (χ4n) is 1.76. The van der Waals surface area contributed by atoms with Crippen LogP contribution in [0, 0.1) is 11.8 Å². The van der Waals surface area contributed by atoms with E-state index in [0.29, 0.717) is 13.0 Å². The zero-order valence-electron chi connectivity index (χ0n) is 11.5. The van der Waals surface area contributed by atoms with Crippen molar-refractivity contribution >= 4 is 11.3 Å². The highest BCUT2D eigenvalue weighted by Crippen LogP contribution is 2.21. The van der Waals surface area contributed by atoms with Crippen LogP contribution in [0.25, 0.3) is 0 Å². The summed E-state index contributed by atoms with van der Waals surface area (Å²) in [5, 5.41) is 8.68. The summed E-state index contributed by atoms with van der Waals surface area (Å²) in [5.74, 6) is 5.96. The molecule has 0 spiro atoms. The van der Waals surface area contributed by atoms with E-state index in [9.17, 15) is 0 Å². The minimum absolute atomic E-state index is 0.0854. The zero-order valence-corrected chi connectivity index (χ0v) is 12.3. The van der Waals surface area contributed by atoms with Crippen LogP contribution in [-0.4, -0.2) is 11.7 Å². The molecule has 0 aliphatic carbocycles. The Hall–Kier alpha value is -1.60. The van der Waals surface area contributed by atoms with Crippen molar-refractivity contribution in [2.75, 3.05) is 6.61 Å². The van der Waals surface area contributed by atoms with Crippen molar-refractivity contribution in [3.05, 3.63) is 57.8 Å². The van der Waals surface area contributed by atoms with Gasteiger partial charge in [-0.3, -0.25) is 0 Å². The van der Waals surface area contributed by atoms with E-state index in [-0.39, 0.29) is 12.7 Å². The van der Waals surface area contributed by atoms with Gasteiger partial charge in [0.2, 0.25) is 0 Å². The molecular weight excluding hydrogens is 268 g/mol. The summed E-state index contributed by atoms with van der Waals surface area (Å²) < 4.78 is 5.88. The van der Waals surface area contributed by atoms with Gasteiger partial charge in [0, 0.05) is 11.3 Å². The minimum Gasteiger partial charge on any atom is -0.395 e. The average Bonchev–Trinajstić information content (AvgIpc) is 2.94. The van der Waals surface area contributed by atoms with Crippen LogP contribution >= 0.6 is 11.3 Å². The Morgan fingerprint density at radius 3 is 2.75 bits per heavy atom. The summed E-state index contributed by atoms with van der Waals surface area (Å²) >= 11 is 1.64. The molecule has 0 aliphatic heterocycles. The molecule has 1 aromatic carbocycles. The van der Waals surface area contributed by atoms with E-state index < -0.39 is 0 Å². The monoisotopic (exact) mass is 286 g/mol. The minimum atomic E-state index is 0.0854. The molecule has 3 heteroatoms. The smallest absolute Gasteiger partial charge is 0.0818 e. The number of hydrogen-bond acceptors (Lipinski definition) is 3. The molecule has 0 aliphatic rings. The highest BCUT2D eigenvalue weighted by atomic mass is 32.1. The third kappa shape index (κ3) is 4.50. The van der Waals surface area contributed by atoms with Crippen LogP contribution in [0.5, 0.6) is 0 Å². The van der Waals surface area contributed by atoms with Gasteiger partial charge in [0.1, 0.15) is 0 Å². The number of benzene rings is 1. The molecule has 1 unspecified atom stereocenters. The molecule has 0 saturated carbocycles. The predicted molar refractivity (Wildman–Crippen MR) is 82.5 cm³/mol. The van der Waals surface area contributed by atoms with Gasteiger partial charge in [0.15, 0.2) is 0 Å². The lowest BCUT2D eigenvalue weighted by molar-refractivity contribution is 0.0542. The highest BCUT2D eigenvalue weighted by Gasteiger charge is 2.06. The normalized spacial score (nSPS) is 11.7. The van der Waals surface area contributed by atoms with Crippen LogP contribution in [0.4, 0.5) is 0 Å². The maximum atomic E-state index is 8.68. The molecule has 20 heavy (non-hydrogen) atoms. The van der Waals surface area contributed by atoms with Crippen molar-refractivity contribution in [1.82, 2.24) is 0 Å². The van der Waals surface area contributed by atoms with E-state index in [1.807, 2.05) is 30.3 Å². The first kappa shape index (κ1) is 14.8. The second kappa shape index (κ2) is 7.86. The Balaban J connectivity index is 1.87. The summed E-state index contributed by atoms with van der Waals surface area (Å²) in [7, 11) is 0. The number of rotatable bonds is 5. The van der Waals surface area contributed by atoms with Crippen LogP contribution in [0.3, 0.4) is 0 Å². The van der Waals surface area contributed by atoms with Crippen LogP contribution < -0.4 is 0 Å². The van der Waals surface area contributed by atoms with E-state index in [0.717, 1.165) is 4.88 Å². The first-order valence-electron chi connectivity index (χ1n) is 6.64. The molecule has 2 nitrogen and oxygen atoms in total. The molecule has 1 aromatic heterocycles. The number of ether oxygens (including phenoxy) is 1. The van der Waals surface area contributed by atoms with E-state index in [4.69, 9.17) is 9.84 Å². The Kier molecular flexibility index (Phi) is 5.82. The summed E-state index contributed by atoms with van der Waals surface area (Å²) in [5.41, 5.74) is 1.19. The summed E-state index contributed by atoms with van der Waals surface area (Å²) in [6, 6.07) is 14.2. The van der Waals surface area contributed by atoms with E-state index in [1.54, 1.807) is 11.3 Å². The number of aliphatic hydroxyl groups excluding tert-OH is 1. The van der Waals surface area contributed by atoms with Gasteiger partial charge in [-0.05, 0) is 24.6 Å². The number of aliphatic hydroxyl groups is 1. The Morgan fingerprint density at radius 1 is 1.20 bits per heavy atom. The standard InChI is InChI=1S/C17H18O2S/c1-14(15-7-3-2-4-8-15)19-13-17-11-10-16(20-17)9-5-6-12-18/h2-4,7-8,10-11,14,18H,6,12-13H2,1H3. The number of hydrogen-bond donors (Lipinski definition) is 1. The highest BCUT2D eigenvalue weighted by molar-refractivity contribution is 7.12. The Morgan fingerprint density at radius 2 is 2.00 bits per heavy atom. The Bertz CT molecular complexity index is 578. The molecule has 0 fully saturated rings. The second-order valence-corrected chi connectivity index (χ2v) is 5.57. The van der Waals surface area contributed by atoms with E-state index in [2.05, 4.69) is 30.9 Å². The van der Waals surface area contributed by atoms with E-state index >= 15 is 0 Å². The van der Waals surface area contributed by atoms with Gasteiger partial charge in [-0.25, -0.2) is 0 Å². The van der Waals surface area contributed by atoms with Gasteiger partial charge in [0.25, 0.3) is 0 Å². The van der Waals surface area contributed by atoms with Crippen LogP contribution in [0.2, 0.25) is 0 Å². The molecule has 1 N–H and O–H groups in total. The third-order valence-corrected chi connectivity index (χ3v) is 3.83. The van der Waals surface area contributed by atoms with Crippen LogP contribution in [0.15, 0.2) is 42.5 Å². The zero-order chi connectivity index (χ0) is 14.2. The fraction of sp³-hybridized carbons (Fsp3) is 0.294. The van der Waals surface area contributed by atoms with Crippen molar-refractivity contribution in [1.29, 1.82) is 0 Å². The molecule has 1 atom stereocenters. The van der Waals surface area contributed by atoms with Crippen molar-refractivity contribution < 1.29 is 9.84 Å². The maximum absolute atomic E-state index is 8.68. The SMILES string of the molecule is CC(OCc1ccc(C#CCCO)s1)c1ccccc1. The van der Waals surface area contributed by atoms with Gasteiger partial charge in [-0.1, -0.05) is 42.2 Å². The largest absolute Gasteiger partial charge is 0.395 e. The number of thiophene rings is 1. The van der Waals surface area contributed by atoms with Gasteiger partial charge in [-0.15, -0.1) is 11.3 Å². The molecule has 1 heterocycles. The maximum Gasteiger partial charge on any atom is 0.0818 e. The lowest BCUT2D eigenvalue weighted by Crippen LogP contribution is -1.98. The quantitative estimate of drug-likeness (QED) is 0.848. The second-order valence-electron chi connectivity index (χ2n) is 4.41. The topological polar surface area (TPSA) is 29.5 Å². The lowest BCUT2D eigenvalue weighted by atomic mass is 10.1. The van der Waals surface area contributed by atoms with Gasteiger partial charge < -0.3 is 9.84 Å². The van der Waals surface area contributed by atoms with Crippen LogP contribution in [0.1, 0.15) is 34.8 Å². The summed E-state index contributed by atoms with van der Waals surface area (Å²) in [6.45, 7) is 2.77. The van der Waals surface area contributed by atoms with Gasteiger partial charge in [-0.2, -0.15) is 0 Å². The summed E-state index contributed by atoms with van der Waals surface area (Å²) in [6.07, 6.45) is 0.608. The predicted octanol–water partition coefficient (Wildman–Crippen LogP) is 3.76. The molecule has 0 saturated heterocycles. The first-order chi connectivity index (χ1) is 9.79. The van der Waals surface area contributed by atoms with E-state index in [1.165, 1.54) is 10.4 Å². The first-order valence-corrected chi connectivity index (χ1v) is 7.46. The molecule has 2 aromatic rings.